The molecule has 2 rings (SSSR count). The summed E-state index contributed by atoms with van der Waals surface area (Å²) in [4.78, 5) is 11.1. The molecule has 0 saturated heterocycles. The van der Waals surface area contributed by atoms with Crippen molar-refractivity contribution < 1.29 is 4.42 Å². The van der Waals surface area contributed by atoms with Gasteiger partial charge in [-0.15, -0.1) is 0 Å². The van der Waals surface area contributed by atoms with E-state index in [2.05, 4.69) is 49.8 Å². The van der Waals surface area contributed by atoms with E-state index in [0.29, 0.717) is 19.0 Å². The Bertz CT molecular complexity index is 671. The molecule has 1 aromatic carbocycles. The Kier molecular flexibility index (Phi) is 6.23. The minimum atomic E-state index is 0.512. The van der Waals surface area contributed by atoms with Crippen LogP contribution in [0.4, 0.5) is 5.69 Å². The van der Waals surface area contributed by atoms with Gasteiger partial charge in [0, 0.05) is 26.3 Å². The lowest BCUT2D eigenvalue weighted by molar-refractivity contribution is 0.463. The van der Waals surface area contributed by atoms with Crippen LogP contribution in [-0.4, -0.2) is 31.6 Å². The van der Waals surface area contributed by atoms with Crippen LogP contribution in [0.1, 0.15) is 29.8 Å². The number of rotatable bonds is 6. The summed E-state index contributed by atoms with van der Waals surface area (Å²) in [6.07, 6.45) is 0. The van der Waals surface area contributed by atoms with Crippen LogP contribution in [0, 0.1) is 13.8 Å². The highest BCUT2D eigenvalue weighted by Gasteiger charge is 2.06. The largest absolute Gasteiger partial charge is 0.444 e. The van der Waals surface area contributed by atoms with Crippen molar-refractivity contribution in [2.45, 2.75) is 33.9 Å². The molecule has 0 amide bonds. The number of aryl methyl sites for hydroxylation is 2. The molecule has 0 spiro atoms. The SMILES string of the molecule is CCNC(=NCc1cccc(N(C)C)c1)NCc1nc(C)c(C)o1. The molecule has 0 fully saturated rings. The second-order valence-corrected chi connectivity index (χ2v) is 5.86. The molecular weight excluding hydrogens is 302 g/mol. The number of aliphatic imine (C=N–C) groups is 1. The van der Waals surface area contributed by atoms with E-state index in [9.17, 15) is 0 Å². The van der Waals surface area contributed by atoms with Crippen LogP contribution < -0.4 is 15.5 Å². The molecule has 0 atom stereocenters. The molecule has 0 saturated carbocycles. The molecule has 0 aliphatic heterocycles. The van der Waals surface area contributed by atoms with Crippen LogP contribution in [0.3, 0.4) is 0 Å². The summed E-state index contributed by atoms with van der Waals surface area (Å²) >= 11 is 0. The highest BCUT2D eigenvalue weighted by atomic mass is 16.4. The van der Waals surface area contributed by atoms with Crippen molar-refractivity contribution in [3.8, 4) is 0 Å². The summed E-state index contributed by atoms with van der Waals surface area (Å²) in [6.45, 7) is 7.83. The molecular formula is C18H27N5O. The third-order valence-corrected chi connectivity index (χ3v) is 3.67. The van der Waals surface area contributed by atoms with Gasteiger partial charge < -0.3 is 20.0 Å². The molecule has 0 bridgehead atoms. The molecule has 0 radical (unpaired) electrons. The van der Waals surface area contributed by atoms with Crippen LogP contribution in [-0.2, 0) is 13.1 Å². The zero-order valence-corrected chi connectivity index (χ0v) is 15.2. The van der Waals surface area contributed by atoms with E-state index in [1.165, 1.54) is 11.3 Å². The molecule has 24 heavy (non-hydrogen) atoms. The minimum absolute atomic E-state index is 0.512. The van der Waals surface area contributed by atoms with Gasteiger partial charge in [0.05, 0.1) is 18.8 Å². The second kappa shape index (κ2) is 8.38. The van der Waals surface area contributed by atoms with Crippen molar-refractivity contribution in [2.75, 3.05) is 25.5 Å². The van der Waals surface area contributed by atoms with E-state index in [0.717, 1.165) is 24.0 Å². The summed E-state index contributed by atoms with van der Waals surface area (Å²) in [5.41, 5.74) is 3.27. The van der Waals surface area contributed by atoms with Gasteiger partial charge in [0.1, 0.15) is 5.76 Å². The first-order valence-electron chi connectivity index (χ1n) is 8.21. The molecule has 6 nitrogen and oxygen atoms in total. The van der Waals surface area contributed by atoms with Crippen LogP contribution in [0.2, 0.25) is 0 Å². The van der Waals surface area contributed by atoms with Gasteiger partial charge in [-0.05, 0) is 38.5 Å². The Morgan fingerprint density at radius 3 is 2.67 bits per heavy atom. The summed E-state index contributed by atoms with van der Waals surface area (Å²) in [6, 6.07) is 8.37. The predicted octanol–water partition coefficient (Wildman–Crippen LogP) is 2.61. The zero-order chi connectivity index (χ0) is 17.5. The molecule has 1 aromatic heterocycles. The number of nitrogens with one attached hydrogen (secondary N) is 2. The number of oxazole rings is 1. The first kappa shape index (κ1) is 17.8. The Hall–Kier alpha value is -2.50. The summed E-state index contributed by atoms with van der Waals surface area (Å²) in [5, 5.41) is 6.50. The summed E-state index contributed by atoms with van der Waals surface area (Å²) in [5.74, 6) is 2.28. The number of nitrogens with zero attached hydrogens (tertiary/aromatic N) is 3. The van der Waals surface area contributed by atoms with Crippen molar-refractivity contribution in [2.24, 2.45) is 4.99 Å². The molecule has 0 unspecified atom stereocenters. The van der Waals surface area contributed by atoms with E-state index >= 15 is 0 Å². The Balaban J connectivity index is 2.00. The summed E-state index contributed by atoms with van der Waals surface area (Å²) < 4.78 is 5.59. The Morgan fingerprint density at radius 2 is 2.04 bits per heavy atom. The van der Waals surface area contributed by atoms with Gasteiger partial charge in [0.25, 0.3) is 0 Å². The zero-order valence-electron chi connectivity index (χ0n) is 15.2. The van der Waals surface area contributed by atoms with Crippen molar-refractivity contribution in [1.82, 2.24) is 15.6 Å². The molecule has 2 N–H and O–H groups in total. The van der Waals surface area contributed by atoms with Gasteiger partial charge in [-0.3, -0.25) is 0 Å². The van der Waals surface area contributed by atoms with Gasteiger partial charge in [-0.25, -0.2) is 9.98 Å². The fourth-order valence-electron chi connectivity index (χ4n) is 2.22. The second-order valence-electron chi connectivity index (χ2n) is 5.86. The van der Waals surface area contributed by atoms with Gasteiger partial charge in [0.15, 0.2) is 5.96 Å². The average molecular weight is 329 g/mol. The number of hydrogen-bond acceptors (Lipinski definition) is 4. The fourth-order valence-corrected chi connectivity index (χ4v) is 2.22. The van der Waals surface area contributed by atoms with Crippen molar-refractivity contribution >= 4 is 11.6 Å². The van der Waals surface area contributed by atoms with E-state index in [1.54, 1.807) is 0 Å². The van der Waals surface area contributed by atoms with Crippen LogP contribution >= 0.6 is 0 Å². The molecule has 6 heteroatoms. The lowest BCUT2D eigenvalue weighted by Crippen LogP contribution is -2.36. The average Bonchev–Trinajstić information content (AvgIpc) is 2.88. The van der Waals surface area contributed by atoms with Gasteiger partial charge >= 0.3 is 0 Å². The standard InChI is InChI=1S/C18H27N5O/c1-6-19-18(21-12-17-22-13(2)14(3)24-17)20-11-15-8-7-9-16(10-15)23(4)5/h7-10H,6,11-12H2,1-5H3,(H2,19,20,21). The van der Waals surface area contributed by atoms with Crippen molar-refractivity contribution in [3.63, 3.8) is 0 Å². The number of anilines is 1. The molecule has 2 aromatic rings. The Labute approximate surface area is 144 Å². The lowest BCUT2D eigenvalue weighted by Gasteiger charge is -2.13. The molecule has 1 heterocycles. The molecule has 0 aliphatic carbocycles. The highest BCUT2D eigenvalue weighted by Crippen LogP contribution is 2.14. The minimum Gasteiger partial charge on any atom is -0.444 e. The Morgan fingerprint density at radius 1 is 1.25 bits per heavy atom. The van der Waals surface area contributed by atoms with Crippen molar-refractivity contribution in [1.29, 1.82) is 0 Å². The van der Waals surface area contributed by atoms with E-state index in [-0.39, 0.29) is 0 Å². The van der Waals surface area contributed by atoms with Crippen molar-refractivity contribution in [3.05, 3.63) is 47.2 Å². The quantitative estimate of drug-likeness (QED) is 0.630. The maximum atomic E-state index is 5.59. The predicted molar refractivity (Wildman–Crippen MR) is 98.4 cm³/mol. The summed E-state index contributed by atoms with van der Waals surface area (Å²) in [7, 11) is 4.07. The van der Waals surface area contributed by atoms with E-state index in [1.807, 2.05) is 34.9 Å². The van der Waals surface area contributed by atoms with Gasteiger partial charge in [0.2, 0.25) is 5.89 Å². The topological polar surface area (TPSA) is 65.7 Å². The first-order chi connectivity index (χ1) is 11.5. The van der Waals surface area contributed by atoms with Crippen LogP contribution in [0.15, 0.2) is 33.7 Å². The number of benzene rings is 1. The fraction of sp³-hybridized carbons (Fsp3) is 0.444. The third-order valence-electron chi connectivity index (χ3n) is 3.67. The first-order valence-corrected chi connectivity index (χ1v) is 8.21. The smallest absolute Gasteiger partial charge is 0.214 e. The van der Waals surface area contributed by atoms with Gasteiger partial charge in [-0.1, -0.05) is 12.1 Å². The monoisotopic (exact) mass is 329 g/mol. The molecule has 0 aliphatic rings. The normalized spacial score (nSPS) is 11.5. The number of hydrogen-bond donors (Lipinski definition) is 2. The highest BCUT2D eigenvalue weighted by molar-refractivity contribution is 5.79. The third kappa shape index (κ3) is 5.01. The molecule has 130 valence electrons. The maximum absolute atomic E-state index is 5.59. The lowest BCUT2D eigenvalue weighted by atomic mass is 10.2. The van der Waals surface area contributed by atoms with Gasteiger partial charge in [-0.2, -0.15) is 0 Å². The van der Waals surface area contributed by atoms with Crippen LogP contribution in [0.25, 0.3) is 0 Å². The van der Waals surface area contributed by atoms with Crippen LogP contribution in [0.5, 0.6) is 0 Å². The number of guanidine groups is 1. The maximum Gasteiger partial charge on any atom is 0.214 e. The number of aromatic nitrogens is 1. The van der Waals surface area contributed by atoms with E-state index in [4.69, 9.17) is 4.42 Å². The van der Waals surface area contributed by atoms with E-state index < -0.39 is 0 Å².